The molecule has 0 spiro atoms. The third-order valence-corrected chi connectivity index (χ3v) is 2.78. The molecular weight excluding hydrogens is 230 g/mol. The lowest BCUT2D eigenvalue weighted by Crippen LogP contribution is -2.20. The quantitative estimate of drug-likeness (QED) is 0.866. The van der Waals surface area contributed by atoms with Gasteiger partial charge >= 0.3 is 5.97 Å². The normalized spacial score (nSPS) is 12.6. The molecule has 2 rings (SSSR count). The molecule has 2 aromatic rings. The molecule has 2 heterocycles. The number of aliphatic carboxylic acids is 1. The van der Waals surface area contributed by atoms with Crippen LogP contribution in [0.2, 0.25) is 0 Å². The topological polar surface area (TPSA) is 78.9 Å². The number of nitrogens with one attached hydrogen (secondary N) is 1. The van der Waals surface area contributed by atoms with E-state index in [0.717, 1.165) is 11.3 Å². The van der Waals surface area contributed by atoms with Crippen LogP contribution in [0.4, 0.5) is 0 Å². The molecule has 0 bridgehead atoms. The third kappa shape index (κ3) is 2.40. The number of carboxylic acids is 1. The molecule has 0 aliphatic heterocycles. The highest BCUT2D eigenvalue weighted by Gasteiger charge is 2.26. The van der Waals surface area contributed by atoms with Crippen LogP contribution in [0.25, 0.3) is 11.3 Å². The Morgan fingerprint density at radius 1 is 1.39 bits per heavy atom. The molecule has 5 nitrogen and oxygen atoms in total. The smallest absolute Gasteiger partial charge is 0.314 e. The Hall–Kier alpha value is -2.17. The van der Waals surface area contributed by atoms with E-state index in [1.807, 2.05) is 26.1 Å². The van der Waals surface area contributed by atoms with E-state index in [2.05, 4.69) is 15.0 Å². The monoisotopic (exact) mass is 245 g/mol. The van der Waals surface area contributed by atoms with Crippen molar-refractivity contribution in [3.8, 4) is 11.3 Å². The summed E-state index contributed by atoms with van der Waals surface area (Å²) in [7, 11) is 0. The number of rotatable bonds is 4. The van der Waals surface area contributed by atoms with E-state index in [9.17, 15) is 9.90 Å². The van der Waals surface area contributed by atoms with E-state index in [-0.39, 0.29) is 5.92 Å². The predicted octanol–water partition coefficient (Wildman–Crippen LogP) is 2.30. The average Bonchev–Trinajstić information content (AvgIpc) is 2.81. The number of aromatic nitrogens is 3. The van der Waals surface area contributed by atoms with E-state index in [1.54, 1.807) is 18.5 Å². The highest BCUT2D eigenvalue weighted by atomic mass is 16.4. The predicted molar refractivity (Wildman–Crippen MR) is 67.0 cm³/mol. The van der Waals surface area contributed by atoms with Crippen molar-refractivity contribution in [1.82, 2.24) is 15.0 Å². The summed E-state index contributed by atoms with van der Waals surface area (Å²) in [6.45, 7) is 3.70. The van der Waals surface area contributed by atoms with Crippen LogP contribution in [0.1, 0.15) is 25.6 Å². The number of hydrogen-bond donors (Lipinski definition) is 2. The lowest BCUT2D eigenvalue weighted by atomic mass is 9.95. The molecule has 0 amide bonds. The summed E-state index contributed by atoms with van der Waals surface area (Å²) < 4.78 is 0. The Morgan fingerprint density at radius 3 is 2.72 bits per heavy atom. The van der Waals surface area contributed by atoms with Crippen LogP contribution in [-0.2, 0) is 4.79 Å². The Kier molecular flexibility index (Phi) is 3.41. The van der Waals surface area contributed by atoms with Gasteiger partial charge in [-0.25, -0.2) is 9.97 Å². The first kappa shape index (κ1) is 12.3. The highest BCUT2D eigenvalue weighted by Crippen LogP contribution is 2.24. The minimum atomic E-state index is -0.892. The third-order valence-electron chi connectivity index (χ3n) is 2.78. The summed E-state index contributed by atoms with van der Waals surface area (Å²) in [6.07, 6.45) is 5.22. The molecular formula is C13H15N3O2. The minimum absolute atomic E-state index is 0.0519. The van der Waals surface area contributed by atoms with E-state index >= 15 is 0 Å². The van der Waals surface area contributed by atoms with Crippen LogP contribution in [0, 0.1) is 5.92 Å². The van der Waals surface area contributed by atoms with Gasteiger partial charge in [0.25, 0.3) is 0 Å². The van der Waals surface area contributed by atoms with Crippen molar-refractivity contribution in [2.75, 3.05) is 0 Å². The maximum atomic E-state index is 11.3. The van der Waals surface area contributed by atoms with Gasteiger partial charge in [-0.1, -0.05) is 13.8 Å². The zero-order chi connectivity index (χ0) is 13.1. The molecule has 0 aliphatic carbocycles. The molecule has 94 valence electrons. The Morgan fingerprint density at radius 2 is 2.17 bits per heavy atom. The van der Waals surface area contributed by atoms with Crippen molar-refractivity contribution in [1.29, 1.82) is 0 Å². The second kappa shape index (κ2) is 5.00. The molecule has 0 saturated carbocycles. The number of carboxylic acid groups (broad SMARTS) is 1. The minimum Gasteiger partial charge on any atom is -0.481 e. The molecule has 5 heteroatoms. The van der Waals surface area contributed by atoms with Crippen molar-refractivity contribution < 1.29 is 9.90 Å². The fourth-order valence-corrected chi connectivity index (χ4v) is 1.86. The zero-order valence-electron chi connectivity index (χ0n) is 10.3. The second-order valence-corrected chi connectivity index (χ2v) is 4.46. The SMILES string of the molecule is CC(C)C(C(=O)O)c1nccc(-c2cc[nH]c2)n1. The van der Waals surface area contributed by atoms with E-state index < -0.39 is 11.9 Å². The van der Waals surface area contributed by atoms with Crippen molar-refractivity contribution >= 4 is 5.97 Å². The maximum Gasteiger partial charge on any atom is 0.314 e. The summed E-state index contributed by atoms with van der Waals surface area (Å²) in [6, 6.07) is 3.66. The molecule has 2 aromatic heterocycles. The van der Waals surface area contributed by atoms with Crippen LogP contribution in [0.5, 0.6) is 0 Å². The Labute approximate surface area is 105 Å². The van der Waals surface area contributed by atoms with E-state index in [4.69, 9.17) is 0 Å². The fraction of sp³-hybridized carbons (Fsp3) is 0.308. The maximum absolute atomic E-state index is 11.3. The highest BCUT2D eigenvalue weighted by molar-refractivity contribution is 5.75. The van der Waals surface area contributed by atoms with Gasteiger partial charge < -0.3 is 10.1 Å². The number of nitrogens with zero attached hydrogens (tertiary/aromatic N) is 2. The summed E-state index contributed by atoms with van der Waals surface area (Å²) in [5.74, 6) is -1.26. The first-order valence-corrected chi connectivity index (χ1v) is 5.78. The van der Waals surface area contributed by atoms with Crippen molar-refractivity contribution in [3.63, 3.8) is 0 Å². The van der Waals surface area contributed by atoms with Gasteiger partial charge in [0, 0.05) is 24.2 Å². The molecule has 1 atom stereocenters. The molecule has 2 N–H and O–H groups in total. The van der Waals surface area contributed by atoms with Crippen molar-refractivity contribution in [2.45, 2.75) is 19.8 Å². The van der Waals surface area contributed by atoms with Gasteiger partial charge in [0.05, 0.1) is 5.69 Å². The summed E-state index contributed by atoms with van der Waals surface area (Å²) in [5, 5.41) is 9.23. The Bertz CT molecular complexity index is 535. The van der Waals surface area contributed by atoms with E-state index in [0.29, 0.717) is 5.82 Å². The molecule has 0 fully saturated rings. The fourth-order valence-electron chi connectivity index (χ4n) is 1.86. The van der Waals surface area contributed by atoms with Gasteiger partial charge in [0.1, 0.15) is 11.7 Å². The summed E-state index contributed by atoms with van der Waals surface area (Å²) >= 11 is 0. The average molecular weight is 245 g/mol. The van der Waals surface area contributed by atoms with Crippen molar-refractivity contribution in [2.24, 2.45) is 5.92 Å². The summed E-state index contributed by atoms with van der Waals surface area (Å²) in [5.41, 5.74) is 1.65. The van der Waals surface area contributed by atoms with Crippen LogP contribution in [0.3, 0.4) is 0 Å². The summed E-state index contributed by atoms with van der Waals surface area (Å²) in [4.78, 5) is 22.6. The molecule has 18 heavy (non-hydrogen) atoms. The van der Waals surface area contributed by atoms with Crippen LogP contribution < -0.4 is 0 Å². The molecule has 0 aliphatic rings. The second-order valence-electron chi connectivity index (χ2n) is 4.46. The lowest BCUT2D eigenvalue weighted by molar-refractivity contribution is -0.140. The number of H-pyrrole nitrogens is 1. The van der Waals surface area contributed by atoms with Gasteiger partial charge in [-0.15, -0.1) is 0 Å². The first-order chi connectivity index (χ1) is 8.59. The van der Waals surface area contributed by atoms with Crippen LogP contribution >= 0.6 is 0 Å². The lowest BCUT2D eigenvalue weighted by Gasteiger charge is -2.14. The number of carbonyl (C=O) groups is 1. The largest absolute Gasteiger partial charge is 0.481 e. The molecule has 0 radical (unpaired) electrons. The Balaban J connectivity index is 2.40. The van der Waals surface area contributed by atoms with Gasteiger partial charge in [-0.2, -0.15) is 0 Å². The molecule has 1 unspecified atom stereocenters. The standard InChI is InChI=1S/C13H15N3O2/c1-8(2)11(13(17)18)12-15-6-4-10(16-12)9-3-5-14-7-9/h3-8,11,14H,1-2H3,(H,17,18). The van der Waals surface area contributed by atoms with Crippen molar-refractivity contribution in [3.05, 3.63) is 36.5 Å². The first-order valence-electron chi connectivity index (χ1n) is 5.78. The van der Waals surface area contributed by atoms with Gasteiger partial charge in [-0.3, -0.25) is 4.79 Å². The van der Waals surface area contributed by atoms with Gasteiger partial charge in [-0.05, 0) is 18.1 Å². The molecule has 0 aromatic carbocycles. The molecule has 0 saturated heterocycles. The van der Waals surface area contributed by atoms with Crippen LogP contribution in [0.15, 0.2) is 30.7 Å². The van der Waals surface area contributed by atoms with Gasteiger partial charge in [0.2, 0.25) is 0 Å². The number of aromatic amines is 1. The number of hydrogen-bond acceptors (Lipinski definition) is 3. The van der Waals surface area contributed by atoms with E-state index in [1.165, 1.54) is 0 Å². The van der Waals surface area contributed by atoms with Crippen LogP contribution in [-0.4, -0.2) is 26.0 Å². The van der Waals surface area contributed by atoms with Gasteiger partial charge in [0.15, 0.2) is 0 Å². The zero-order valence-corrected chi connectivity index (χ0v) is 10.3.